The van der Waals surface area contributed by atoms with Gasteiger partial charge in [-0.25, -0.2) is 0 Å². The Kier molecular flexibility index (Phi) is 9.50. The minimum atomic E-state index is -1.01. The van der Waals surface area contributed by atoms with E-state index in [4.69, 9.17) is 0 Å². The van der Waals surface area contributed by atoms with Gasteiger partial charge in [-0.15, -0.1) is 0 Å². The number of benzene rings is 3. The Morgan fingerprint density at radius 3 is 1.98 bits per heavy atom. The molecular formula is C35H45NO4. The van der Waals surface area contributed by atoms with Gasteiger partial charge in [-0.2, -0.15) is 0 Å². The van der Waals surface area contributed by atoms with E-state index in [9.17, 15) is 20.1 Å². The molecule has 0 saturated carbocycles. The molecule has 4 rings (SSSR count). The second-order valence-corrected chi connectivity index (χ2v) is 12.0. The molecule has 0 radical (unpaired) electrons. The number of hydrogen-bond acceptors (Lipinski definition) is 4. The summed E-state index contributed by atoms with van der Waals surface area (Å²) in [5, 5.41) is 32.9. The van der Waals surface area contributed by atoms with Gasteiger partial charge in [0.25, 0.3) is 0 Å². The number of carboxylic acids is 1. The van der Waals surface area contributed by atoms with E-state index in [-0.39, 0.29) is 11.8 Å². The van der Waals surface area contributed by atoms with Gasteiger partial charge in [0.15, 0.2) is 0 Å². The zero-order valence-electron chi connectivity index (χ0n) is 24.4. The second kappa shape index (κ2) is 12.7. The Labute approximate surface area is 239 Å². The van der Waals surface area contributed by atoms with Crippen molar-refractivity contribution in [2.24, 2.45) is 11.8 Å². The van der Waals surface area contributed by atoms with Crippen LogP contribution in [0.25, 0.3) is 0 Å². The van der Waals surface area contributed by atoms with Crippen molar-refractivity contribution in [3.05, 3.63) is 107 Å². The number of carboxylic acid groups (broad SMARTS) is 1. The first-order chi connectivity index (χ1) is 19.1. The second-order valence-electron chi connectivity index (χ2n) is 12.0. The summed E-state index contributed by atoms with van der Waals surface area (Å²) in [4.78, 5) is 14.5. The number of hydrogen-bond donors (Lipinski definition) is 3. The van der Waals surface area contributed by atoms with Crippen LogP contribution in [0, 0.1) is 18.8 Å². The molecule has 3 aromatic carbocycles. The van der Waals surface area contributed by atoms with Crippen LogP contribution in [0.4, 0.5) is 0 Å². The molecule has 2 atom stereocenters. The van der Waals surface area contributed by atoms with E-state index < -0.39 is 23.1 Å². The Balaban J connectivity index is 1.34. The number of aliphatic hydroxyl groups is 2. The van der Waals surface area contributed by atoms with E-state index in [0.29, 0.717) is 6.42 Å². The number of likely N-dealkylation sites (tertiary alicyclic amines) is 1. The van der Waals surface area contributed by atoms with Gasteiger partial charge in [0.05, 0.1) is 11.5 Å². The van der Waals surface area contributed by atoms with E-state index in [0.717, 1.165) is 66.7 Å². The number of aliphatic hydroxyl groups excluding tert-OH is 1. The van der Waals surface area contributed by atoms with Gasteiger partial charge in [-0.05, 0) is 98.8 Å². The molecule has 1 aliphatic rings. The molecule has 0 spiro atoms. The summed E-state index contributed by atoms with van der Waals surface area (Å²) in [7, 11) is 0. The monoisotopic (exact) mass is 543 g/mol. The summed E-state index contributed by atoms with van der Waals surface area (Å²) >= 11 is 0. The molecule has 1 aliphatic heterocycles. The lowest BCUT2D eigenvalue weighted by Gasteiger charge is -2.42. The number of aryl methyl sites for hydroxylation is 1. The minimum absolute atomic E-state index is 0.0556. The number of nitrogens with zero attached hydrogens (tertiary/aromatic N) is 1. The van der Waals surface area contributed by atoms with Crippen LogP contribution in [-0.2, 0) is 15.8 Å². The summed E-state index contributed by atoms with van der Waals surface area (Å²) < 4.78 is 0. The van der Waals surface area contributed by atoms with Crippen LogP contribution < -0.4 is 0 Å². The predicted octanol–water partition coefficient (Wildman–Crippen LogP) is 6.46. The fraction of sp³-hybridized carbons (Fsp3) is 0.457. The summed E-state index contributed by atoms with van der Waals surface area (Å²) in [5.74, 6) is -0.753. The highest BCUT2D eigenvalue weighted by Crippen LogP contribution is 2.42. The SMILES string of the molecule is Cc1cc(C(O)CCCN2CCC(C(O)(c3ccccc3)c3ccccc3)CC2)ccc1C(C)(C(=O)O)C(C)C. The number of rotatable bonds is 11. The normalized spacial score (nSPS) is 17.5. The third-order valence-electron chi connectivity index (χ3n) is 9.35. The molecule has 3 aromatic rings. The van der Waals surface area contributed by atoms with Gasteiger partial charge in [-0.3, -0.25) is 4.79 Å². The molecule has 214 valence electrons. The molecular weight excluding hydrogens is 498 g/mol. The lowest BCUT2D eigenvalue weighted by atomic mass is 9.71. The molecule has 0 aromatic heterocycles. The molecule has 2 unspecified atom stereocenters. The van der Waals surface area contributed by atoms with Crippen LogP contribution in [-0.4, -0.2) is 45.8 Å². The largest absolute Gasteiger partial charge is 0.481 e. The van der Waals surface area contributed by atoms with Gasteiger partial charge >= 0.3 is 5.97 Å². The Bertz CT molecular complexity index is 1210. The Morgan fingerprint density at radius 1 is 0.950 bits per heavy atom. The van der Waals surface area contributed by atoms with Crippen LogP contribution in [0.5, 0.6) is 0 Å². The molecule has 0 aliphatic carbocycles. The summed E-state index contributed by atoms with van der Waals surface area (Å²) in [6.07, 6.45) is 2.75. The number of carbonyl (C=O) groups is 1. The summed E-state index contributed by atoms with van der Waals surface area (Å²) in [6.45, 7) is 10.3. The molecule has 3 N–H and O–H groups in total. The van der Waals surface area contributed by atoms with E-state index in [1.807, 2.05) is 99.6 Å². The number of piperidine rings is 1. The van der Waals surface area contributed by atoms with Crippen LogP contribution in [0.2, 0.25) is 0 Å². The van der Waals surface area contributed by atoms with Gasteiger partial charge in [0, 0.05) is 0 Å². The smallest absolute Gasteiger partial charge is 0.314 e. The van der Waals surface area contributed by atoms with E-state index >= 15 is 0 Å². The molecule has 1 fully saturated rings. The lowest BCUT2D eigenvalue weighted by Crippen LogP contribution is -2.44. The maximum atomic E-state index is 12.1. The summed E-state index contributed by atoms with van der Waals surface area (Å²) in [6, 6.07) is 25.8. The first-order valence-corrected chi connectivity index (χ1v) is 14.7. The maximum absolute atomic E-state index is 12.1. The lowest BCUT2D eigenvalue weighted by molar-refractivity contribution is -0.145. The molecule has 5 heteroatoms. The first kappa shape index (κ1) is 30.0. The van der Waals surface area contributed by atoms with Crippen molar-refractivity contribution in [2.45, 2.75) is 70.5 Å². The molecule has 5 nitrogen and oxygen atoms in total. The van der Waals surface area contributed by atoms with E-state index in [1.165, 1.54) is 0 Å². The van der Waals surface area contributed by atoms with E-state index in [2.05, 4.69) is 4.90 Å². The van der Waals surface area contributed by atoms with Crippen molar-refractivity contribution in [2.75, 3.05) is 19.6 Å². The minimum Gasteiger partial charge on any atom is -0.481 e. The van der Waals surface area contributed by atoms with Crippen molar-refractivity contribution in [1.29, 1.82) is 0 Å². The van der Waals surface area contributed by atoms with Crippen LogP contribution >= 0.6 is 0 Å². The highest BCUT2D eigenvalue weighted by molar-refractivity contribution is 5.81. The quantitative estimate of drug-likeness (QED) is 0.259. The highest BCUT2D eigenvalue weighted by Gasteiger charge is 2.42. The van der Waals surface area contributed by atoms with Crippen LogP contribution in [0.1, 0.15) is 80.4 Å². The molecule has 1 saturated heterocycles. The van der Waals surface area contributed by atoms with Gasteiger partial charge < -0.3 is 20.2 Å². The Morgan fingerprint density at radius 2 is 1.50 bits per heavy atom. The van der Waals surface area contributed by atoms with Gasteiger partial charge in [0.2, 0.25) is 0 Å². The van der Waals surface area contributed by atoms with Crippen molar-refractivity contribution in [1.82, 2.24) is 4.90 Å². The summed E-state index contributed by atoms with van der Waals surface area (Å²) in [5.41, 5.74) is 2.46. The average molecular weight is 544 g/mol. The zero-order valence-corrected chi connectivity index (χ0v) is 24.4. The maximum Gasteiger partial charge on any atom is 0.314 e. The van der Waals surface area contributed by atoms with Crippen molar-refractivity contribution in [3.63, 3.8) is 0 Å². The van der Waals surface area contributed by atoms with Gasteiger partial charge in [-0.1, -0.05) is 92.7 Å². The third-order valence-corrected chi connectivity index (χ3v) is 9.35. The number of aliphatic carboxylic acids is 1. The molecule has 40 heavy (non-hydrogen) atoms. The Hall–Kier alpha value is -2.99. The standard InChI is InChI=1S/C35H45NO4/c1-25(2)34(4,33(38)39)31-18-17-27(24-26(31)3)32(37)16-11-21-36-22-19-30(20-23-36)35(40,28-12-7-5-8-13-28)29-14-9-6-10-15-29/h5-10,12-15,17-18,24-25,30,32,37,40H,11,16,19-23H2,1-4H3,(H,38,39). The van der Waals surface area contributed by atoms with Crippen molar-refractivity contribution in [3.8, 4) is 0 Å². The molecule has 0 bridgehead atoms. The van der Waals surface area contributed by atoms with Crippen molar-refractivity contribution >= 4 is 5.97 Å². The van der Waals surface area contributed by atoms with Crippen molar-refractivity contribution < 1.29 is 20.1 Å². The third kappa shape index (κ3) is 6.02. The van der Waals surface area contributed by atoms with Crippen LogP contribution in [0.3, 0.4) is 0 Å². The van der Waals surface area contributed by atoms with Gasteiger partial charge in [0.1, 0.15) is 5.60 Å². The fourth-order valence-corrected chi connectivity index (χ4v) is 6.42. The predicted molar refractivity (Wildman–Crippen MR) is 160 cm³/mol. The first-order valence-electron chi connectivity index (χ1n) is 14.7. The zero-order chi connectivity index (χ0) is 28.9. The van der Waals surface area contributed by atoms with Crippen LogP contribution in [0.15, 0.2) is 78.9 Å². The average Bonchev–Trinajstić information content (AvgIpc) is 2.97. The topological polar surface area (TPSA) is 81.0 Å². The molecule has 1 heterocycles. The molecule has 0 amide bonds. The highest BCUT2D eigenvalue weighted by atomic mass is 16.4. The fourth-order valence-electron chi connectivity index (χ4n) is 6.42. The van der Waals surface area contributed by atoms with E-state index in [1.54, 1.807) is 6.92 Å².